The van der Waals surface area contributed by atoms with Gasteiger partial charge in [-0.05, 0) is 30.2 Å². The summed E-state index contributed by atoms with van der Waals surface area (Å²) >= 11 is 0. The Bertz CT molecular complexity index is 437. The van der Waals surface area contributed by atoms with Gasteiger partial charge in [-0.1, -0.05) is 13.0 Å². The lowest BCUT2D eigenvalue weighted by molar-refractivity contribution is 0.470. The number of phenols is 1. The van der Waals surface area contributed by atoms with Crippen LogP contribution in [0.4, 0.5) is 0 Å². The molecule has 2 nitrogen and oxygen atoms in total. The first-order valence-electron chi connectivity index (χ1n) is 4.38. The fraction of sp³-hybridized carbons (Fsp3) is 0.182. The highest BCUT2D eigenvalue weighted by atomic mass is 16.3. The zero-order valence-electron chi connectivity index (χ0n) is 7.49. The summed E-state index contributed by atoms with van der Waals surface area (Å²) in [6.45, 7) is 2.02. The normalized spacial score (nSPS) is 10.5. The zero-order chi connectivity index (χ0) is 9.26. The van der Waals surface area contributed by atoms with Crippen LogP contribution in [0.5, 0.6) is 5.75 Å². The van der Waals surface area contributed by atoms with Gasteiger partial charge in [-0.25, -0.2) is 0 Å². The van der Waals surface area contributed by atoms with E-state index in [2.05, 4.69) is 4.98 Å². The maximum atomic E-state index is 9.58. The Balaban J connectivity index is 2.74. The molecule has 13 heavy (non-hydrogen) atoms. The van der Waals surface area contributed by atoms with Gasteiger partial charge in [-0.15, -0.1) is 0 Å². The van der Waals surface area contributed by atoms with E-state index in [1.165, 1.54) is 0 Å². The number of fused-ring (bicyclic) bond motifs is 1. The average molecular weight is 173 g/mol. The maximum absolute atomic E-state index is 9.58. The molecule has 0 unspecified atom stereocenters. The molecule has 0 aliphatic rings. The van der Waals surface area contributed by atoms with Crippen molar-refractivity contribution in [1.29, 1.82) is 0 Å². The number of phenolic OH excluding ortho intramolecular Hbond substituents is 1. The first-order valence-corrected chi connectivity index (χ1v) is 4.38. The molecule has 2 aromatic rings. The van der Waals surface area contributed by atoms with Gasteiger partial charge in [0.25, 0.3) is 0 Å². The smallest absolute Gasteiger partial charge is 0.119 e. The van der Waals surface area contributed by atoms with E-state index in [1.54, 1.807) is 12.3 Å². The summed E-state index contributed by atoms with van der Waals surface area (Å²) in [5.41, 5.74) is 1.89. The van der Waals surface area contributed by atoms with E-state index in [0.717, 1.165) is 22.9 Å². The van der Waals surface area contributed by atoms with Crippen LogP contribution >= 0.6 is 0 Å². The molecule has 0 fully saturated rings. The van der Waals surface area contributed by atoms with Crippen LogP contribution in [0.2, 0.25) is 0 Å². The summed E-state index contributed by atoms with van der Waals surface area (Å²) in [6, 6.07) is 7.51. The SMILES string of the molecule is CCc1cc2ncccc2cc1O. The Morgan fingerprint density at radius 3 is 3.00 bits per heavy atom. The lowest BCUT2D eigenvalue weighted by atomic mass is 10.1. The lowest BCUT2D eigenvalue weighted by Crippen LogP contribution is -1.84. The summed E-state index contributed by atoms with van der Waals surface area (Å²) in [7, 11) is 0. The Morgan fingerprint density at radius 1 is 1.38 bits per heavy atom. The van der Waals surface area contributed by atoms with Gasteiger partial charge < -0.3 is 5.11 Å². The number of rotatable bonds is 1. The second kappa shape index (κ2) is 3.05. The fourth-order valence-corrected chi connectivity index (χ4v) is 1.43. The van der Waals surface area contributed by atoms with Crippen molar-refractivity contribution < 1.29 is 5.11 Å². The van der Waals surface area contributed by atoms with Crippen molar-refractivity contribution >= 4 is 10.9 Å². The number of nitrogens with zero attached hydrogens (tertiary/aromatic N) is 1. The van der Waals surface area contributed by atoms with Crippen molar-refractivity contribution in [2.75, 3.05) is 0 Å². The summed E-state index contributed by atoms with van der Waals surface area (Å²) in [5.74, 6) is 0.364. The third-order valence-corrected chi connectivity index (χ3v) is 2.18. The van der Waals surface area contributed by atoms with Gasteiger partial charge in [0.1, 0.15) is 5.75 Å². The summed E-state index contributed by atoms with van der Waals surface area (Å²) in [4.78, 5) is 4.22. The van der Waals surface area contributed by atoms with Crippen molar-refractivity contribution in [3.8, 4) is 5.75 Å². The number of pyridine rings is 1. The van der Waals surface area contributed by atoms with Gasteiger partial charge >= 0.3 is 0 Å². The molecule has 1 aromatic heterocycles. The first kappa shape index (κ1) is 8.05. The van der Waals surface area contributed by atoms with Crippen molar-refractivity contribution in [2.24, 2.45) is 0 Å². The minimum atomic E-state index is 0.364. The Labute approximate surface area is 76.9 Å². The second-order valence-corrected chi connectivity index (χ2v) is 3.03. The zero-order valence-corrected chi connectivity index (χ0v) is 7.49. The number of aryl methyl sites for hydroxylation is 1. The quantitative estimate of drug-likeness (QED) is 0.718. The molecule has 0 bridgehead atoms. The number of aromatic hydroxyl groups is 1. The number of hydrogen-bond acceptors (Lipinski definition) is 2. The van der Waals surface area contributed by atoms with Crippen LogP contribution in [0.1, 0.15) is 12.5 Å². The minimum absolute atomic E-state index is 0.364. The molecular weight excluding hydrogens is 162 g/mol. The fourth-order valence-electron chi connectivity index (χ4n) is 1.43. The van der Waals surface area contributed by atoms with Crippen molar-refractivity contribution in [1.82, 2.24) is 4.98 Å². The number of benzene rings is 1. The number of aromatic nitrogens is 1. The molecule has 0 radical (unpaired) electrons. The van der Waals surface area contributed by atoms with Gasteiger partial charge in [0.15, 0.2) is 0 Å². The molecule has 1 N–H and O–H groups in total. The topological polar surface area (TPSA) is 33.1 Å². The van der Waals surface area contributed by atoms with Crippen LogP contribution in [0, 0.1) is 0 Å². The van der Waals surface area contributed by atoms with Crippen LogP contribution in [-0.4, -0.2) is 10.1 Å². The van der Waals surface area contributed by atoms with Crippen molar-refractivity contribution in [3.05, 3.63) is 36.0 Å². The molecule has 2 rings (SSSR count). The predicted molar refractivity (Wildman–Crippen MR) is 52.8 cm³/mol. The van der Waals surface area contributed by atoms with Gasteiger partial charge in [0, 0.05) is 11.6 Å². The molecule has 66 valence electrons. The van der Waals surface area contributed by atoms with E-state index < -0.39 is 0 Å². The van der Waals surface area contributed by atoms with Crippen molar-refractivity contribution in [2.45, 2.75) is 13.3 Å². The van der Waals surface area contributed by atoms with Crippen LogP contribution in [0.25, 0.3) is 10.9 Å². The van der Waals surface area contributed by atoms with E-state index in [1.807, 2.05) is 25.1 Å². The predicted octanol–water partition coefficient (Wildman–Crippen LogP) is 2.50. The molecular formula is C11H11NO. The summed E-state index contributed by atoms with van der Waals surface area (Å²) in [6.07, 6.45) is 2.59. The monoisotopic (exact) mass is 173 g/mol. The molecule has 0 saturated carbocycles. The van der Waals surface area contributed by atoms with Gasteiger partial charge in [0.05, 0.1) is 5.52 Å². The third kappa shape index (κ3) is 1.35. The molecule has 2 heteroatoms. The van der Waals surface area contributed by atoms with Crippen molar-refractivity contribution in [3.63, 3.8) is 0 Å². The van der Waals surface area contributed by atoms with E-state index in [9.17, 15) is 5.11 Å². The number of hydrogen-bond donors (Lipinski definition) is 1. The van der Waals surface area contributed by atoms with Gasteiger partial charge in [0.2, 0.25) is 0 Å². The van der Waals surface area contributed by atoms with Crippen LogP contribution in [0.15, 0.2) is 30.5 Å². The average Bonchev–Trinajstić information content (AvgIpc) is 2.17. The Hall–Kier alpha value is -1.57. The Kier molecular flexibility index (Phi) is 1.89. The lowest BCUT2D eigenvalue weighted by Gasteiger charge is -2.03. The molecule has 0 spiro atoms. The maximum Gasteiger partial charge on any atom is 0.119 e. The molecule has 0 saturated heterocycles. The van der Waals surface area contributed by atoms with E-state index in [-0.39, 0.29) is 0 Å². The van der Waals surface area contributed by atoms with Crippen LogP contribution < -0.4 is 0 Å². The molecule has 0 aliphatic heterocycles. The Morgan fingerprint density at radius 2 is 2.23 bits per heavy atom. The highest BCUT2D eigenvalue weighted by molar-refractivity contribution is 5.81. The van der Waals surface area contributed by atoms with E-state index >= 15 is 0 Å². The largest absolute Gasteiger partial charge is 0.508 e. The molecule has 0 aliphatic carbocycles. The molecule has 0 atom stereocenters. The first-order chi connectivity index (χ1) is 6.31. The van der Waals surface area contributed by atoms with Crippen LogP contribution in [-0.2, 0) is 6.42 Å². The van der Waals surface area contributed by atoms with E-state index in [0.29, 0.717) is 5.75 Å². The highest BCUT2D eigenvalue weighted by Crippen LogP contribution is 2.23. The van der Waals surface area contributed by atoms with Gasteiger partial charge in [-0.3, -0.25) is 4.98 Å². The third-order valence-electron chi connectivity index (χ3n) is 2.18. The standard InChI is InChI=1S/C11H11NO/c1-2-8-6-10-9(7-11(8)13)4-3-5-12-10/h3-7,13H,2H2,1H3. The molecule has 0 amide bonds. The van der Waals surface area contributed by atoms with E-state index in [4.69, 9.17) is 0 Å². The highest BCUT2D eigenvalue weighted by Gasteiger charge is 2.01. The van der Waals surface area contributed by atoms with Crippen LogP contribution in [0.3, 0.4) is 0 Å². The summed E-state index contributed by atoms with van der Waals surface area (Å²) in [5, 5.41) is 10.6. The molecule has 1 aromatic carbocycles. The molecule has 1 heterocycles. The summed E-state index contributed by atoms with van der Waals surface area (Å²) < 4.78 is 0. The second-order valence-electron chi connectivity index (χ2n) is 3.03. The van der Waals surface area contributed by atoms with Gasteiger partial charge in [-0.2, -0.15) is 0 Å². The minimum Gasteiger partial charge on any atom is -0.508 e.